The average molecular weight is 209 g/mol. The van der Waals surface area contributed by atoms with Crippen LogP contribution in [0.3, 0.4) is 0 Å². The highest BCUT2D eigenvalue weighted by Crippen LogP contribution is 2.26. The molecule has 0 spiro atoms. The summed E-state index contributed by atoms with van der Waals surface area (Å²) in [6.07, 6.45) is -7.90. The van der Waals surface area contributed by atoms with E-state index in [1.165, 1.54) is 0 Å². The van der Waals surface area contributed by atoms with Crippen molar-refractivity contribution in [2.45, 2.75) is 30.4 Å². The van der Waals surface area contributed by atoms with Gasteiger partial charge in [-0.3, -0.25) is 4.79 Å². The number of carbonyl (C=O) groups excluding carboxylic acids is 1. The fourth-order valence-electron chi connectivity index (χ4n) is 1.11. The van der Waals surface area contributed by atoms with Crippen molar-refractivity contribution >= 4 is 5.91 Å². The van der Waals surface area contributed by atoms with E-state index in [1.807, 2.05) is 0 Å². The van der Waals surface area contributed by atoms with Gasteiger partial charge >= 0.3 is 0 Å². The van der Waals surface area contributed by atoms with Crippen molar-refractivity contribution in [1.82, 2.24) is 0 Å². The van der Waals surface area contributed by atoms with Crippen LogP contribution in [0.5, 0.6) is 0 Å². The van der Waals surface area contributed by atoms with Gasteiger partial charge in [-0.1, -0.05) is 0 Å². The molecule has 0 bridgehead atoms. The molecule has 1 rings (SSSR count). The largest absolute Gasteiger partial charge is 0.387 e. The molecule has 0 unspecified atom stereocenters. The van der Waals surface area contributed by atoms with E-state index in [1.54, 1.807) is 0 Å². The number of rotatable bonds is 1. The van der Waals surface area contributed by atoms with Crippen molar-refractivity contribution in [3.05, 3.63) is 0 Å². The van der Waals surface area contributed by atoms with Gasteiger partial charge in [0.25, 0.3) is 11.7 Å². The number of amides is 1. The predicted molar refractivity (Wildman–Crippen MR) is 39.3 cm³/mol. The lowest BCUT2D eigenvalue weighted by Gasteiger charge is -2.41. The van der Waals surface area contributed by atoms with Gasteiger partial charge in [-0.2, -0.15) is 0 Å². The SMILES string of the molecule is NC(=O)[C@@]1(O)O[C@@H](O)[C@@H](O)[C@@H](O)[C@H]1O. The number of ether oxygens (including phenoxy) is 1. The van der Waals surface area contributed by atoms with Gasteiger partial charge in [0.05, 0.1) is 0 Å². The van der Waals surface area contributed by atoms with Crippen LogP contribution in [0.2, 0.25) is 0 Å². The van der Waals surface area contributed by atoms with Crippen molar-refractivity contribution < 1.29 is 35.1 Å². The highest BCUT2D eigenvalue weighted by atomic mass is 16.7. The summed E-state index contributed by atoms with van der Waals surface area (Å²) >= 11 is 0. The summed E-state index contributed by atoms with van der Waals surface area (Å²) in [7, 11) is 0. The Bertz CT molecular complexity index is 246. The highest BCUT2D eigenvalue weighted by Gasteiger charge is 2.56. The van der Waals surface area contributed by atoms with E-state index < -0.39 is 36.3 Å². The third-order valence-electron chi connectivity index (χ3n) is 2.02. The van der Waals surface area contributed by atoms with Crippen LogP contribution in [0.1, 0.15) is 0 Å². The molecule has 8 nitrogen and oxygen atoms in total. The van der Waals surface area contributed by atoms with Crippen LogP contribution >= 0.6 is 0 Å². The second-order valence-electron chi connectivity index (χ2n) is 3.00. The first kappa shape index (κ1) is 11.3. The maximum absolute atomic E-state index is 10.7. The molecule has 0 saturated carbocycles. The lowest BCUT2D eigenvalue weighted by Crippen LogP contribution is -2.68. The van der Waals surface area contributed by atoms with E-state index in [0.29, 0.717) is 0 Å². The van der Waals surface area contributed by atoms with Crippen molar-refractivity contribution in [2.24, 2.45) is 5.73 Å². The molecule has 1 aliphatic rings. The zero-order chi connectivity index (χ0) is 11.1. The molecule has 1 saturated heterocycles. The second kappa shape index (κ2) is 3.42. The molecule has 82 valence electrons. The van der Waals surface area contributed by atoms with Crippen LogP contribution in [0, 0.1) is 0 Å². The van der Waals surface area contributed by atoms with Gasteiger partial charge in [-0.25, -0.2) is 0 Å². The van der Waals surface area contributed by atoms with Gasteiger partial charge in [-0.05, 0) is 0 Å². The Morgan fingerprint density at radius 1 is 1.21 bits per heavy atom. The van der Waals surface area contributed by atoms with Crippen molar-refractivity contribution in [2.75, 3.05) is 0 Å². The van der Waals surface area contributed by atoms with Crippen LogP contribution in [0.4, 0.5) is 0 Å². The molecule has 1 heterocycles. The Hall–Kier alpha value is -0.770. The lowest BCUT2D eigenvalue weighted by molar-refractivity contribution is -0.365. The van der Waals surface area contributed by atoms with E-state index >= 15 is 0 Å². The first-order chi connectivity index (χ1) is 6.30. The number of hydrogen-bond acceptors (Lipinski definition) is 7. The van der Waals surface area contributed by atoms with E-state index in [0.717, 1.165) is 0 Å². The molecule has 1 aliphatic heterocycles. The van der Waals surface area contributed by atoms with Gasteiger partial charge in [0.1, 0.15) is 18.3 Å². The minimum atomic E-state index is -2.90. The molecule has 7 N–H and O–H groups in total. The van der Waals surface area contributed by atoms with E-state index in [9.17, 15) is 9.90 Å². The Balaban J connectivity index is 2.96. The summed E-state index contributed by atoms with van der Waals surface area (Å²) in [6.45, 7) is 0. The van der Waals surface area contributed by atoms with Crippen molar-refractivity contribution in [3.8, 4) is 0 Å². The lowest BCUT2D eigenvalue weighted by atomic mass is 9.95. The molecule has 1 amide bonds. The smallest absolute Gasteiger partial charge is 0.280 e. The molecule has 0 aliphatic carbocycles. The Kier molecular flexibility index (Phi) is 2.76. The van der Waals surface area contributed by atoms with Gasteiger partial charge < -0.3 is 36.0 Å². The topological polar surface area (TPSA) is 153 Å². The molecular weight excluding hydrogens is 198 g/mol. The molecule has 14 heavy (non-hydrogen) atoms. The second-order valence-corrected chi connectivity index (χ2v) is 3.00. The van der Waals surface area contributed by atoms with Gasteiger partial charge in [-0.15, -0.1) is 0 Å². The van der Waals surface area contributed by atoms with Gasteiger partial charge in [0.15, 0.2) is 6.29 Å². The van der Waals surface area contributed by atoms with Crippen LogP contribution in [-0.4, -0.2) is 61.8 Å². The summed E-state index contributed by atoms with van der Waals surface area (Å²) in [4.78, 5) is 10.7. The minimum absolute atomic E-state index is 1.48. The number of nitrogens with two attached hydrogens (primary N) is 1. The highest BCUT2D eigenvalue weighted by molar-refractivity contribution is 5.82. The molecule has 8 heteroatoms. The number of primary amides is 1. The van der Waals surface area contributed by atoms with E-state index in [2.05, 4.69) is 10.5 Å². The number of carbonyl (C=O) groups is 1. The summed E-state index contributed by atoms with van der Waals surface area (Å²) in [5, 5.41) is 45.5. The molecule has 5 atom stereocenters. The third kappa shape index (κ3) is 1.47. The molecule has 0 radical (unpaired) electrons. The molecule has 0 aromatic rings. The summed E-state index contributed by atoms with van der Waals surface area (Å²) < 4.78 is 4.21. The summed E-state index contributed by atoms with van der Waals surface area (Å²) in [5.41, 5.74) is 4.68. The fraction of sp³-hybridized carbons (Fsp3) is 0.833. The Morgan fingerprint density at radius 3 is 2.14 bits per heavy atom. The first-order valence-corrected chi connectivity index (χ1v) is 3.73. The maximum Gasteiger partial charge on any atom is 0.280 e. The van der Waals surface area contributed by atoms with Crippen LogP contribution in [0.25, 0.3) is 0 Å². The zero-order valence-corrected chi connectivity index (χ0v) is 6.94. The van der Waals surface area contributed by atoms with Gasteiger partial charge in [0.2, 0.25) is 0 Å². The van der Waals surface area contributed by atoms with Crippen molar-refractivity contribution in [3.63, 3.8) is 0 Å². The molecular formula is C6H11NO7. The Labute approximate surface area is 78.1 Å². The van der Waals surface area contributed by atoms with E-state index in [-0.39, 0.29) is 0 Å². The summed E-state index contributed by atoms with van der Waals surface area (Å²) in [5.74, 6) is -4.38. The number of hydrogen-bond donors (Lipinski definition) is 6. The van der Waals surface area contributed by atoms with Crippen LogP contribution in [0.15, 0.2) is 0 Å². The molecule has 1 fully saturated rings. The third-order valence-corrected chi connectivity index (χ3v) is 2.02. The normalized spacial score (nSPS) is 48.9. The zero-order valence-electron chi connectivity index (χ0n) is 6.94. The maximum atomic E-state index is 10.7. The molecule has 0 aromatic carbocycles. The summed E-state index contributed by atoms with van der Waals surface area (Å²) in [6, 6.07) is 0. The first-order valence-electron chi connectivity index (χ1n) is 3.73. The number of aliphatic hydroxyl groups excluding tert-OH is 4. The predicted octanol–water partition coefficient (Wildman–Crippen LogP) is -4.41. The van der Waals surface area contributed by atoms with Gasteiger partial charge in [0, 0.05) is 0 Å². The monoisotopic (exact) mass is 209 g/mol. The molecule has 0 aromatic heterocycles. The quantitative estimate of drug-likeness (QED) is 0.255. The van der Waals surface area contributed by atoms with Crippen LogP contribution < -0.4 is 5.73 Å². The number of aliphatic hydroxyl groups is 5. The van der Waals surface area contributed by atoms with Crippen molar-refractivity contribution in [1.29, 1.82) is 0 Å². The Morgan fingerprint density at radius 2 is 1.71 bits per heavy atom. The average Bonchev–Trinajstić information content (AvgIpc) is 2.11. The van der Waals surface area contributed by atoms with Crippen LogP contribution in [-0.2, 0) is 9.53 Å². The standard InChI is InChI=1S/C6H11NO7/c7-5(12)6(13)3(10)1(8)2(9)4(11)14-6/h1-4,8-11,13H,(H2,7,12)/t1-,2+,3-,4-,6+/m1/s1. The minimum Gasteiger partial charge on any atom is -0.387 e. The fourth-order valence-corrected chi connectivity index (χ4v) is 1.11. The van der Waals surface area contributed by atoms with E-state index in [4.69, 9.17) is 20.4 Å².